The molecule has 3 aromatic rings. The number of rotatable bonds is 8. The van der Waals surface area contributed by atoms with Gasteiger partial charge < -0.3 is 21.5 Å². The summed E-state index contributed by atoms with van der Waals surface area (Å²) in [6, 6.07) is 9.43. The Morgan fingerprint density at radius 1 is 1.38 bits per heavy atom. The number of hydrogen-bond acceptors (Lipinski definition) is 7. The van der Waals surface area contributed by atoms with Gasteiger partial charge in [-0.2, -0.15) is 10.4 Å². The number of aromatic nitrogens is 3. The van der Waals surface area contributed by atoms with Crippen LogP contribution in [0.25, 0.3) is 16.9 Å². The maximum atomic E-state index is 14.2. The van der Waals surface area contributed by atoms with Crippen LogP contribution < -0.4 is 16.4 Å². The molecule has 1 fully saturated rings. The zero-order chi connectivity index (χ0) is 24.5. The lowest BCUT2D eigenvalue weighted by Gasteiger charge is -2.36. The first-order chi connectivity index (χ1) is 16.2. The monoisotopic (exact) mass is 465 g/mol. The molecular formula is C24H28FN7O2. The van der Waals surface area contributed by atoms with Crippen molar-refractivity contribution < 1.29 is 14.3 Å². The summed E-state index contributed by atoms with van der Waals surface area (Å²) in [7, 11) is 0. The van der Waals surface area contributed by atoms with Crippen LogP contribution in [-0.2, 0) is 0 Å². The number of hydrogen-bond donors (Lipinski definition) is 4. The Labute approximate surface area is 196 Å². The maximum absolute atomic E-state index is 14.2. The minimum Gasteiger partial charge on any atom is -0.387 e. The van der Waals surface area contributed by atoms with E-state index in [2.05, 4.69) is 26.8 Å². The van der Waals surface area contributed by atoms with Crippen LogP contribution in [-0.4, -0.2) is 56.5 Å². The third-order valence-electron chi connectivity index (χ3n) is 6.18. The van der Waals surface area contributed by atoms with Gasteiger partial charge in [0.1, 0.15) is 12.2 Å². The first kappa shape index (κ1) is 23.6. The minimum absolute atomic E-state index is 0.168. The molecule has 0 aromatic carbocycles. The van der Waals surface area contributed by atoms with E-state index in [1.165, 1.54) is 26.2 Å². The van der Waals surface area contributed by atoms with Crippen molar-refractivity contribution in [1.29, 1.82) is 5.26 Å². The fraction of sp³-hybridized carbons (Fsp3) is 0.417. The number of nitrogens with zero attached hydrogens (tertiary/aromatic N) is 4. The molecule has 4 rings (SSSR count). The van der Waals surface area contributed by atoms with Gasteiger partial charge in [0, 0.05) is 12.2 Å². The first-order valence-electron chi connectivity index (χ1n) is 11.2. The van der Waals surface area contributed by atoms with Gasteiger partial charge in [0.25, 0.3) is 5.91 Å². The van der Waals surface area contributed by atoms with Crippen molar-refractivity contribution in [2.24, 2.45) is 11.7 Å². The molecule has 1 amide bonds. The highest BCUT2D eigenvalue weighted by atomic mass is 19.1. The predicted molar refractivity (Wildman–Crippen MR) is 126 cm³/mol. The average molecular weight is 466 g/mol. The van der Waals surface area contributed by atoms with E-state index in [0.717, 1.165) is 18.4 Å². The van der Waals surface area contributed by atoms with E-state index in [9.17, 15) is 14.3 Å². The lowest BCUT2D eigenvalue weighted by atomic mass is 9.80. The molecule has 0 saturated heterocycles. The number of fused-ring (bicyclic) bond motifs is 1. The Hall–Kier alpha value is -3.55. The molecule has 3 heterocycles. The zero-order valence-electron chi connectivity index (χ0n) is 19.1. The molecule has 1 aliphatic carbocycles. The number of aliphatic hydroxyl groups is 1. The van der Waals surface area contributed by atoms with Gasteiger partial charge in [-0.25, -0.2) is 8.91 Å². The third kappa shape index (κ3) is 4.85. The molecule has 3 aromatic heterocycles. The summed E-state index contributed by atoms with van der Waals surface area (Å²) in [6.45, 7) is 3.01. The quantitative estimate of drug-likeness (QED) is 0.400. The Morgan fingerprint density at radius 2 is 2.15 bits per heavy atom. The van der Waals surface area contributed by atoms with Gasteiger partial charge in [0.15, 0.2) is 0 Å². The van der Waals surface area contributed by atoms with Crippen LogP contribution in [0.3, 0.4) is 0 Å². The van der Waals surface area contributed by atoms with Crippen LogP contribution in [0, 0.1) is 17.2 Å². The molecule has 178 valence electrons. The highest BCUT2D eigenvalue weighted by Gasteiger charge is 2.30. The van der Waals surface area contributed by atoms with Crippen molar-refractivity contribution in [2.45, 2.75) is 44.5 Å². The number of amides is 1. The number of alkyl halides is 1. The Kier molecular flexibility index (Phi) is 6.50. The molecule has 10 heteroatoms. The van der Waals surface area contributed by atoms with Crippen LogP contribution in [0.4, 0.5) is 10.1 Å². The Morgan fingerprint density at radius 3 is 2.82 bits per heavy atom. The second-order valence-electron chi connectivity index (χ2n) is 9.27. The minimum atomic E-state index is -1.62. The van der Waals surface area contributed by atoms with Gasteiger partial charge in [0.2, 0.25) is 0 Å². The van der Waals surface area contributed by atoms with E-state index in [1.807, 2.05) is 12.1 Å². The molecule has 1 aliphatic rings. The van der Waals surface area contributed by atoms with Crippen LogP contribution in [0.1, 0.15) is 42.6 Å². The van der Waals surface area contributed by atoms with Crippen molar-refractivity contribution >= 4 is 17.1 Å². The molecule has 0 aliphatic heterocycles. The number of nitrogens with one attached hydrogen (secondary N) is 2. The molecule has 1 atom stereocenters. The lowest BCUT2D eigenvalue weighted by molar-refractivity contribution is -0.00177. The van der Waals surface area contributed by atoms with E-state index in [4.69, 9.17) is 11.0 Å². The van der Waals surface area contributed by atoms with Gasteiger partial charge in [0.05, 0.1) is 52.1 Å². The predicted octanol–water partition coefficient (Wildman–Crippen LogP) is 2.26. The standard InChI is InChI=1S/C24H28FN7O2/c1-24(2,34)22(25)13-29-23(33)18-12-28-20(8-19(18)31-16-5-14(6-16)9-26)21-4-3-17-7-15(10-27)11-30-32(17)21/h3-4,7-8,11-12,14,16,22,34H,5-6,9,13,26H2,1-2H3,(H,28,31)(H,29,33). The molecule has 5 N–H and O–H groups in total. The molecular weight excluding hydrogens is 437 g/mol. The van der Waals surface area contributed by atoms with E-state index in [1.54, 1.807) is 16.6 Å². The number of anilines is 1. The van der Waals surface area contributed by atoms with E-state index < -0.39 is 17.7 Å². The fourth-order valence-electron chi connectivity index (χ4n) is 3.94. The summed E-state index contributed by atoms with van der Waals surface area (Å²) < 4.78 is 15.8. The average Bonchev–Trinajstić information content (AvgIpc) is 3.21. The maximum Gasteiger partial charge on any atom is 0.255 e. The lowest BCUT2D eigenvalue weighted by Crippen LogP contribution is -2.42. The smallest absolute Gasteiger partial charge is 0.255 e. The summed E-state index contributed by atoms with van der Waals surface area (Å²) in [5, 5.41) is 29.2. The number of nitrogens with two attached hydrogens (primary N) is 1. The van der Waals surface area contributed by atoms with Crippen LogP contribution in [0.2, 0.25) is 0 Å². The molecule has 1 saturated carbocycles. The zero-order valence-corrected chi connectivity index (χ0v) is 19.1. The summed E-state index contributed by atoms with van der Waals surface area (Å²) in [4.78, 5) is 17.3. The summed E-state index contributed by atoms with van der Waals surface area (Å²) >= 11 is 0. The largest absolute Gasteiger partial charge is 0.387 e. The van der Waals surface area contributed by atoms with E-state index >= 15 is 0 Å². The van der Waals surface area contributed by atoms with Crippen LogP contribution in [0.5, 0.6) is 0 Å². The van der Waals surface area contributed by atoms with Gasteiger partial charge >= 0.3 is 0 Å². The molecule has 9 nitrogen and oxygen atoms in total. The van der Waals surface area contributed by atoms with Crippen LogP contribution >= 0.6 is 0 Å². The fourth-order valence-corrected chi connectivity index (χ4v) is 3.94. The molecule has 1 unspecified atom stereocenters. The SMILES string of the molecule is CC(C)(O)C(F)CNC(=O)c1cnc(-c2ccc3cc(C#N)cnn23)cc1NC1CC(CN)C1. The van der Waals surface area contributed by atoms with Gasteiger partial charge in [-0.15, -0.1) is 0 Å². The molecule has 0 bridgehead atoms. The summed E-state index contributed by atoms with van der Waals surface area (Å²) in [5.41, 5.74) is 7.53. The topological polar surface area (TPSA) is 141 Å². The second kappa shape index (κ2) is 9.37. The third-order valence-corrected chi connectivity index (χ3v) is 6.18. The van der Waals surface area contributed by atoms with Gasteiger partial charge in [-0.3, -0.25) is 9.78 Å². The highest BCUT2D eigenvalue weighted by molar-refractivity contribution is 6.00. The molecule has 34 heavy (non-hydrogen) atoms. The second-order valence-corrected chi connectivity index (χ2v) is 9.27. The Balaban J connectivity index is 1.63. The number of pyridine rings is 1. The van der Waals surface area contributed by atoms with Crippen molar-refractivity contribution in [3.8, 4) is 17.5 Å². The first-order valence-corrected chi connectivity index (χ1v) is 11.2. The van der Waals surface area contributed by atoms with Crippen LogP contribution in [0.15, 0.2) is 36.7 Å². The summed E-state index contributed by atoms with van der Waals surface area (Å²) in [6.07, 6.45) is 3.11. The molecule has 0 spiro atoms. The van der Waals surface area contributed by atoms with Crippen molar-refractivity contribution in [3.63, 3.8) is 0 Å². The van der Waals surface area contributed by atoms with Gasteiger partial charge in [-0.1, -0.05) is 0 Å². The summed E-state index contributed by atoms with van der Waals surface area (Å²) in [5.74, 6) is -0.0387. The normalized spacial score (nSPS) is 18.7. The number of carbonyl (C=O) groups excluding carboxylic acids is 1. The van der Waals surface area contributed by atoms with Gasteiger partial charge in [-0.05, 0) is 63.4 Å². The van der Waals surface area contributed by atoms with Crippen molar-refractivity contribution in [2.75, 3.05) is 18.4 Å². The highest BCUT2D eigenvalue weighted by Crippen LogP contribution is 2.32. The van der Waals surface area contributed by atoms with Crippen molar-refractivity contribution in [1.82, 2.24) is 19.9 Å². The van der Waals surface area contributed by atoms with E-state index in [0.29, 0.717) is 35.1 Å². The molecule has 0 radical (unpaired) electrons. The number of nitriles is 1. The number of halogens is 1. The Bertz CT molecular complexity index is 1240. The van der Waals surface area contributed by atoms with E-state index in [-0.39, 0.29) is 18.2 Å². The van der Waals surface area contributed by atoms with Crippen molar-refractivity contribution in [3.05, 3.63) is 47.8 Å². The number of carbonyl (C=O) groups is 1.